The molecular formula is C14H18ClNO4. The van der Waals surface area contributed by atoms with Gasteiger partial charge >= 0.3 is 5.97 Å². The van der Waals surface area contributed by atoms with E-state index in [4.69, 9.17) is 16.3 Å². The molecule has 1 rings (SSSR count). The number of hydrogen-bond acceptors (Lipinski definition) is 4. The first-order chi connectivity index (χ1) is 9.54. The normalized spacial score (nSPS) is 9.95. The first-order valence-corrected chi connectivity index (χ1v) is 6.60. The number of carbonyl (C=O) groups is 2. The van der Waals surface area contributed by atoms with Crippen molar-refractivity contribution in [1.82, 2.24) is 4.90 Å². The first-order valence-electron chi connectivity index (χ1n) is 6.22. The maximum absolute atomic E-state index is 11.8. The van der Waals surface area contributed by atoms with Crippen molar-refractivity contribution in [1.29, 1.82) is 0 Å². The lowest BCUT2D eigenvalue weighted by atomic mass is 10.3. The molecule has 0 aromatic heterocycles. The molecule has 0 aliphatic carbocycles. The summed E-state index contributed by atoms with van der Waals surface area (Å²) in [5.74, 6) is 0.122. The van der Waals surface area contributed by atoms with Gasteiger partial charge < -0.3 is 14.4 Å². The maximum Gasteiger partial charge on any atom is 0.307 e. The summed E-state index contributed by atoms with van der Waals surface area (Å²) in [5.41, 5.74) is 0. The van der Waals surface area contributed by atoms with E-state index in [-0.39, 0.29) is 31.3 Å². The summed E-state index contributed by atoms with van der Waals surface area (Å²) in [6, 6.07) is 7.08. The Morgan fingerprint density at radius 1 is 1.25 bits per heavy atom. The summed E-state index contributed by atoms with van der Waals surface area (Å²) in [7, 11) is 2.96. The predicted octanol–water partition coefficient (Wildman–Crippen LogP) is 2.13. The third-order valence-electron chi connectivity index (χ3n) is 2.71. The van der Waals surface area contributed by atoms with Crippen molar-refractivity contribution < 1.29 is 19.1 Å². The standard InChI is InChI=1S/C14H18ClNO4/c1-16(9-7-14(18)19-2)13(17)8-10-20-12-6-4-3-5-11(12)15/h3-6H,7-10H2,1-2H3. The summed E-state index contributed by atoms with van der Waals surface area (Å²) in [5, 5.41) is 0.513. The molecule has 0 N–H and O–H groups in total. The fourth-order valence-corrected chi connectivity index (χ4v) is 1.68. The van der Waals surface area contributed by atoms with Crippen LogP contribution < -0.4 is 4.74 Å². The van der Waals surface area contributed by atoms with Gasteiger partial charge in [-0.15, -0.1) is 0 Å². The molecule has 0 atom stereocenters. The van der Waals surface area contributed by atoms with Crippen molar-refractivity contribution in [3.05, 3.63) is 29.3 Å². The molecule has 5 nitrogen and oxygen atoms in total. The van der Waals surface area contributed by atoms with E-state index in [1.165, 1.54) is 12.0 Å². The van der Waals surface area contributed by atoms with E-state index in [0.717, 1.165) is 0 Å². The Bertz CT molecular complexity index is 464. The number of para-hydroxylation sites is 1. The summed E-state index contributed by atoms with van der Waals surface area (Å²) >= 11 is 5.93. The zero-order valence-corrected chi connectivity index (χ0v) is 12.4. The van der Waals surface area contributed by atoms with Crippen molar-refractivity contribution in [2.24, 2.45) is 0 Å². The molecule has 0 heterocycles. The molecule has 0 saturated heterocycles. The molecule has 0 spiro atoms. The molecule has 0 unspecified atom stereocenters. The lowest BCUT2D eigenvalue weighted by Gasteiger charge is -2.16. The number of nitrogens with zero attached hydrogens (tertiary/aromatic N) is 1. The Morgan fingerprint density at radius 3 is 2.60 bits per heavy atom. The minimum Gasteiger partial charge on any atom is -0.491 e. The highest BCUT2D eigenvalue weighted by molar-refractivity contribution is 6.32. The third-order valence-corrected chi connectivity index (χ3v) is 3.03. The van der Waals surface area contributed by atoms with Gasteiger partial charge in [-0.1, -0.05) is 23.7 Å². The predicted molar refractivity (Wildman–Crippen MR) is 75.8 cm³/mol. The van der Waals surface area contributed by atoms with Crippen LogP contribution in [0.3, 0.4) is 0 Å². The average Bonchev–Trinajstić information content (AvgIpc) is 2.46. The lowest BCUT2D eigenvalue weighted by Crippen LogP contribution is -2.30. The number of amides is 1. The topological polar surface area (TPSA) is 55.8 Å². The van der Waals surface area contributed by atoms with Gasteiger partial charge in [-0.25, -0.2) is 0 Å². The minimum absolute atomic E-state index is 0.0963. The quantitative estimate of drug-likeness (QED) is 0.724. The number of esters is 1. The number of ether oxygens (including phenoxy) is 2. The summed E-state index contributed by atoms with van der Waals surface area (Å²) in [6.07, 6.45) is 0.410. The van der Waals surface area contributed by atoms with Crippen LogP contribution in [0.2, 0.25) is 5.02 Å². The number of rotatable bonds is 7. The van der Waals surface area contributed by atoms with Crippen LogP contribution in [0.15, 0.2) is 24.3 Å². The van der Waals surface area contributed by atoms with E-state index >= 15 is 0 Å². The Balaban J connectivity index is 2.29. The number of hydrogen-bond donors (Lipinski definition) is 0. The summed E-state index contributed by atoms with van der Waals surface area (Å²) in [4.78, 5) is 24.2. The highest BCUT2D eigenvalue weighted by atomic mass is 35.5. The molecule has 0 aliphatic rings. The highest BCUT2D eigenvalue weighted by Crippen LogP contribution is 2.23. The van der Waals surface area contributed by atoms with Gasteiger partial charge in [-0.2, -0.15) is 0 Å². The molecule has 0 radical (unpaired) electrons. The fourth-order valence-electron chi connectivity index (χ4n) is 1.49. The van der Waals surface area contributed by atoms with Crippen LogP contribution in [-0.4, -0.2) is 44.1 Å². The van der Waals surface area contributed by atoms with Crippen LogP contribution in [0.5, 0.6) is 5.75 Å². The van der Waals surface area contributed by atoms with Crippen molar-refractivity contribution >= 4 is 23.5 Å². The summed E-state index contributed by atoms with van der Waals surface area (Å²) < 4.78 is 9.95. The molecular weight excluding hydrogens is 282 g/mol. The first kappa shape index (κ1) is 16.3. The molecule has 0 fully saturated rings. The van der Waals surface area contributed by atoms with E-state index < -0.39 is 0 Å². The summed E-state index contributed by atoms with van der Waals surface area (Å²) in [6.45, 7) is 0.572. The van der Waals surface area contributed by atoms with Gasteiger partial charge in [0.15, 0.2) is 0 Å². The van der Waals surface area contributed by atoms with Gasteiger partial charge in [0.25, 0.3) is 0 Å². The van der Waals surface area contributed by atoms with Gasteiger partial charge in [0.2, 0.25) is 5.91 Å². The van der Waals surface area contributed by atoms with E-state index in [0.29, 0.717) is 17.3 Å². The van der Waals surface area contributed by atoms with Gasteiger partial charge in [-0.3, -0.25) is 9.59 Å². The Hall–Kier alpha value is -1.75. The van der Waals surface area contributed by atoms with E-state index in [2.05, 4.69) is 4.74 Å². The molecule has 1 aromatic rings. The third kappa shape index (κ3) is 5.48. The monoisotopic (exact) mass is 299 g/mol. The molecule has 0 aliphatic heterocycles. The van der Waals surface area contributed by atoms with Gasteiger partial charge in [-0.05, 0) is 12.1 Å². The Kier molecular flexibility index (Phi) is 6.87. The number of benzene rings is 1. The van der Waals surface area contributed by atoms with Crippen molar-refractivity contribution in [3.8, 4) is 5.75 Å². The van der Waals surface area contributed by atoms with Gasteiger partial charge in [0.1, 0.15) is 5.75 Å². The average molecular weight is 300 g/mol. The van der Waals surface area contributed by atoms with Crippen molar-refractivity contribution in [2.45, 2.75) is 12.8 Å². The maximum atomic E-state index is 11.8. The van der Waals surface area contributed by atoms with Crippen LogP contribution in [0.4, 0.5) is 0 Å². The number of methoxy groups -OCH3 is 1. The second kappa shape index (κ2) is 8.43. The molecule has 20 heavy (non-hydrogen) atoms. The number of carbonyl (C=O) groups excluding carboxylic acids is 2. The Labute approximate surface area is 123 Å². The van der Waals surface area contributed by atoms with Crippen LogP contribution >= 0.6 is 11.6 Å². The van der Waals surface area contributed by atoms with Crippen LogP contribution in [0.1, 0.15) is 12.8 Å². The zero-order valence-electron chi connectivity index (χ0n) is 11.6. The fraction of sp³-hybridized carbons (Fsp3) is 0.429. The van der Waals surface area contributed by atoms with Crippen LogP contribution in [0.25, 0.3) is 0 Å². The highest BCUT2D eigenvalue weighted by Gasteiger charge is 2.11. The molecule has 1 amide bonds. The lowest BCUT2D eigenvalue weighted by molar-refractivity contribution is -0.141. The minimum atomic E-state index is -0.336. The SMILES string of the molecule is COC(=O)CCN(C)C(=O)CCOc1ccccc1Cl. The molecule has 0 bridgehead atoms. The van der Waals surface area contributed by atoms with Gasteiger partial charge in [0, 0.05) is 13.6 Å². The van der Waals surface area contributed by atoms with E-state index in [1.807, 2.05) is 6.07 Å². The van der Waals surface area contributed by atoms with Crippen LogP contribution in [0, 0.1) is 0 Å². The second-order valence-electron chi connectivity index (χ2n) is 4.17. The number of halogens is 1. The van der Waals surface area contributed by atoms with Crippen molar-refractivity contribution in [2.75, 3.05) is 27.3 Å². The van der Waals surface area contributed by atoms with E-state index in [9.17, 15) is 9.59 Å². The second-order valence-corrected chi connectivity index (χ2v) is 4.58. The zero-order chi connectivity index (χ0) is 15.0. The van der Waals surface area contributed by atoms with E-state index in [1.54, 1.807) is 25.2 Å². The molecule has 1 aromatic carbocycles. The van der Waals surface area contributed by atoms with Gasteiger partial charge in [0.05, 0.1) is 31.6 Å². The smallest absolute Gasteiger partial charge is 0.307 e. The molecule has 6 heteroatoms. The van der Waals surface area contributed by atoms with Crippen molar-refractivity contribution in [3.63, 3.8) is 0 Å². The Morgan fingerprint density at radius 2 is 1.95 bits per heavy atom. The van der Waals surface area contributed by atoms with Crippen LogP contribution in [-0.2, 0) is 14.3 Å². The molecule has 0 saturated carbocycles. The largest absolute Gasteiger partial charge is 0.491 e. The molecule has 110 valence electrons.